The molecule has 0 aliphatic carbocycles. The van der Waals surface area contributed by atoms with Gasteiger partial charge in [0.05, 0.1) is 24.1 Å². The van der Waals surface area contributed by atoms with Crippen LogP contribution in [-0.4, -0.2) is 69.8 Å². The lowest BCUT2D eigenvalue weighted by atomic mass is 10.1. The number of carbonyl (C=O) groups is 2. The Labute approximate surface area is 173 Å². The third kappa shape index (κ3) is 5.93. The summed E-state index contributed by atoms with van der Waals surface area (Å²) in [6.07, 6.45) is 4.49. The lowest BCUT2D eigenvalue weighted by molar-refractivity contribution is -0.121. The average Bonchev–Trinajstić information content (AvgIpc) is 3.01. The molecule has 0 radical (unpaired) electrons. The van der Waals surface area contributed by atoms with E-state index in [-0.39, 0.29) is 28.7 Å². The van der Waals surface area contributed by atoms with Gasteiger partial charge in [-0.2, -0.15) is 4.31 Å². The van der Waals surface area contributed by atoms with Crippen LogP contribution in [0.3, 0.4) is 0 Å². The van der Waals surface area contributed by atoms with Gasteiger partial charge < -0.3 is 15.0 Å². The van der Waals surface area contributed by atoms with Gasteiger partial charge in [0, 0.05) is 26.7 Å². The van der Waals surface area contributed by atoms with Crippen molar-refractivity contribution >= 4 is 21.8 Å². The van der Waals surface area contributed by atoms with Crippen LogP contribution in [-0.2, 0) is 14.8 Å². The summed E-state index contributed by atoms with van der Waals surface area (Å²) in [4.78, 5) is 26.1. The highest BCUT2D eigenvalue weighted by Gasteiger charge is 2.28. The quantitative estimate of drug-likeness (QED) is 0.686. The van der Waals surface area contributed by atoms with E-state index in [1.54, 1.807) is 0 Å². The highest BCUT2D eigenvalue weighted by Crippen LogP contribution is 2.27. The molecule has 1 aliphatic rings. The smallest absolute Gasteiger partial charge is 0.257 e. The number of hydrogen-bond donors (Lipinski definition) is 1. The van der Waals surface area contributed by atoms with Gasteiger partial charge >= 0.3 is 0 Å². The molecular weight excluding hydrogens is 394 g/mol. The van der Waals surface area contributed by atoms with Crippen molar-refractivity contribution < 1.29 is 22.7 Å². The number of likely N-dealkylation sites (N-methyl/N-ethyl adjacent to an activating group) is 1. The van der Waals surface area contributed by atoms with Crippen LogP contribution in [0.5, 0.6) is 5.75 Å². The Morgan fingerprint density at radius 3 is 2.41 bits per heavy atom. The number of nitrogens with zero attached hydrogens (tertiary/aromatic N) is 2. The average molecular weight is 426 g/mol. The van der Waals surface area contributed by atoms with Crippen molar-refractivity contribution in [1.29, 1.82) is 0 Å². The Kier molecular flexibility index (Phi) is 8.45. The largest absolute Gasteiger partial charge is 0.496 e. The van der Waals surface area contributed by atoms with Gasteiger partial charge in [-0.15, -0.1) is 0 Å². The van der Waals surface area contributed by atoms with Crippen LogP contribution < -0.4 is 10.1 Å². The summed E-state index contributed by atoms with van der Waals surface area (Å²) < 4.78 is 32.9. The molecule has 1 aliphatic heterocycles. The van der Waals surface area contributed by atoms with Crippen molar-refractivity contribution in [2.75, 3.05) is 40.3 Å². The molecule has 2 rings (SSSR count). The van der Waals surface area contributed by atoms with E-state index in [0.717, 1.165) is 32.1 Å². The van der Waals surface area contributed by atoms with Crippen LogP contribution in [0.15, 0.2) is 23.1 Å². The van der Waals surface area contributed by atoms with Crippen LogP contribution >= 0.6 is 0 Å². The monoisotopic (exact) mass is 425 g/mol. The summed E-state index contributed by atoms with van der Waals surface area (Å²) in [6, 6.07) is 4.30. The first kappa shape index (κ1) is 23.2. The molecule has 8 nitrogen and oxygen atoms in total. The fraction of sp³-hybridized carbons (Fsp3) is 0.600. The van der Waals surface area contributed by atoms with Crippen LogP contribution in [0.1, 0.15) is 49.4 Å². The van der Waals surface area contributed by atoms with E-state index in [0.29, 0.717) is 19.6 Å². The van der Waals surface area contributed by atoms with E-state index in [4.69, 9.17) is 4.74 Å². The third-order valence-electron chi connectivity index (χ3n) is 4.90. The zero-order chi connectivity index (χ0) is 21.4. The molecule has 0 saturated carbocycles. The molecule has 1 fully saturated rings. The van der Waals surface area contributed by atoms with Crippen LogP contribution in [0.4, 0.5) is 0 Å². The number of benzene rings is 1. The van der Waals surface area contributed by atoms with E-state index in [1.807, 2.05) is 6.92 Å². The maximum absolute atomic E-state index is 13.1. The van der Waals surface area contributed by atoms with Crippen molar-refractivity contribution in [1.82, 2.24) is 14.5 Å². The number of methoxy groups -OCH3 is 1. The SMILES string of the molecule is CCCNC(=O)CN(C)C(=O)c1cc(S(=O)(=O)N2CCCCCC2)ccc1OC. The number of rotatable bonds is 8. The summed E-state index contributed by atoms with van der Waals surface area (Å²) in [5.41, 5.74) is 0.120. The zero-order valence-electron chi connectivity index (χ0n) is 17.4. The molecule has 0 bridgehead atoms. The minimum Gasteiger partial charge on any atom is -0.496 e. The second kappa shape index (κ2) is 10.6. The molecule has 9 heteroatoms. The molecule has 0 aromatic heterocycles. The first-order chi connectivity index (χ1) is 13.8. The van der Waals surface area contributed by atoms with E-state index < -0.39 is 15.9 Å². The van der Waals surface area contributed by atoms with E-state index in [2.05, 4.69) is 5.32 Å². The van der Waals surface area contributed by atoms with Gasteiger partial charge in [0.2, 0.25) is 15.9 Å². The Hall–Kier alpha value is -2.13. The second-order valence-electron chi connectivity index (χ2n) is 7.19. The van der Waals surface area contributed by atoms with E-state index in [1.165, 1.54) is 41.6 Å². The molecular formula is C20H31N3O5S. The lowest BCUT2D eigenvalue weighted by Gasteiger charge is -2.22. The van der Waals surface area contributed by atoms with Crippen molar-refractivity contribution in [3.63, 3.8) is 0 Å². The molecule has 1 N–H and O–H groups in total. The van der Waals surface area contributed by atoms with Gasteiger partial charge in [-0.25, -0.2) is 8.42 Å². The fourth-order valence-corrected chi connectivity index (χ4v) is 4.80. The van der Waals surface area contributed by atoms with E-state index in [9.17, 15) is 18.0 Å². The predicted octanol–water partition coefficient (Wildman–Crippen LogP) is 1.86. The number of sulfonamides is 1. The van der Waals surface area contributed by atoms with Crippen molar-refractivity contribution in [2.45, 2.75) is 43.9 Å². The molecule has 162 valence electrons. The molecule has 0 unspecified atom stereocenters. The van der Waals surface area contributed by atoms with Gasteiger partial charge in [0.15, 0.2) is 0 Å². The maximum atomic E-state index is 13.1. The maximum Gasteiger partial charge on any atom is 0.257 e. The van der Waals surface area contributed by atoms with E-state index >= 15 is 0 Å². The van der Waals surface area contributed by atoms with Gasteiger partial charge in [-0.05, 0) is 37.5 Å². The highest BCUT2D eigenvalue weighted by atomic mass is 32.2. The Morgan fingerprint density at radius 2 is 1.83 bits per heavy atom. The van der Waals surface area contributed by atoms with Gasteiger partial charge in [0.25, 0.3) is 5.91 Å². The lowest BCUT2D eigenvalue weighted by Crippen LogP contribution is -2.38. The molecule has 0 atom stereocenters. The Bertz CT molecular complexity index is 817. The molecule has 0 spiro atoms. The fourth-order valence-electron chi connectivity index (χ4n) is 3.26. The summed E-state index contributed by atoms with van der Waals surface area (Å²) >= 11 is 0. The number of nitrogens with one attached hydrogen (secondary N) is 1. The van der Waals surface area contributed by atoms with Gasteiger partial charge in [-0.1, -0.05) is 19.8 Å². The first-order valence-corrected chi connectivity index (χ1v) is 11.5. The minimum atomic E-state index is -3.70. The molecule has 29 heavy (non-hydrogen) atoms. The van der Waals surface area contributed by atoms with Crippen LogP contribution in [0.2, 0.25) is 0 Å². The summed E-state index contributed by atoms with van der Waals surface area (Å²) in [7, 11) is -0.776. The minimum absolute atomic E-state index is 0.0624. The first-order valence-electron chi connectivity index (χ1n) is 10.0. The summed E-state index contributed by atoms with van der Waals surface area (Å²) in [5.74, 6) is -0.470. The molecule has 1 aromatic rings. The zero-order valence-corrected chi connectivity index (χ0v) is 18.3. The van der Waals surface area contributed by atoms with Gasteiger partial charge in [0.1, 0.15) is 5.75 Å². The van der Waals surface area contributed by atoms with Crippen LogP contribution in [0, 0.1) is 0 Å². The molecule has 1 heterocycles. The molecule has 1 aromatic carbocycles. The summed E-state index contributed by atoms with van der Waals surface area (Å²) in [6.45, 7) is 3.32. The highest BCUT2D eigenvalue weighted by molar-refractivity contribution is 7.89. The number of ether oxygens (including phenoxy) is 1. The third-order valence-corrected chi connectivity index (χ3v) is 6.80. The molecule has 2 amide bonds. The Balaban J connectivity index is 2.27. The van der Waals surface area contributed by atoms with Crippen LogP contribution in [0.25, 0.3) is 0 Å². The Morgan fingerprint density at radius 1 is 1.17 bits per heavy atom. The standard InChI is InChI=1S/C20H31N3O5S/c1-4-11-21-19(24)15-22(2)20(25)17-14-16(9-10-18(17)28-3)29(26,27)23-12-7-5-6-8-13-23/h9-10,14H,4-8,11-13,15H2,1-3H3,(H,21,24). The van der Waals surface area contributed by atoms with Crippen molar-refractivity contribution in [3.8, 4) is 5.75 Å². The predicted molar refractivity (Wildman–Crippen MR) is 110 cm³/mol. The topological polar surface area (TPSA) is 96.0 Å². The van der Waals surface area contributed by atoms with Crippen molar-refractivity contribution in [3.05, 3.63) is 23.8 Å². The number of hydrogen-bond acceptors (Lipinski definition) is 5. The summed E-state index contributed by atoms with van der Waals surface area (Å²) in [5, 5.41) is 2.72. The number of amides is 2. The molecule has 1 saturated heterocycles. The normalized spacial score (nSPS) is 15.4. The van der Waals surface area contributed by atoms with Gasteiger partial charge in [-0.3, -0.25) is 9.59 Å². The number of carbonyl (C=O) groups excluding carboxylic acids is 2. The van der Waals surface area contributed by atoms with Crippen molar-refractivity contribution in [2.24, 2.45) is 0 Å². The second-order valence-corrected chi connectivity index (χ2v) is 9.13.